The third-order valence-electron chi connectivity index (χ3n) is 5.60. The number of halogens is 2. The summed E-state index contributed by atoms with van der Waals surface area (Å²) in [6.45, 7) is 5.15. The van der Waals surface area contributed by atoms with E-state index in [2.05, 4.69) is 73.4 Å². The van der Waals surface area contributed by atoms with Gasteiger partial charge in [-0.25, -0.2) is 4.39 Å². The van der Waals surface area contributed by atoms with Gasteiger partial charge in [0.05, 0.1) is 9.99 Å². The number of fused-ring (bicyclic) bond motifs is 1. The molecule has 1 aliphatic heterocycles. The van der Waals surface area contributed by atoms with Crippen molar-refractivity contribution < 1.29 is 4.39 Å². The van der Waals surface area contributed by atoms with Crippen molar-refractivity contribution in [1.29, 1.82) is 0 Å². The summed E-state index contributed by atoms with van der Waals surface area (Å²) in [6.07, 6.45) is 2.77. The zero-order valence-corrected chi connectivity index (χ0v) is 18.2. The van der Waals surface area contributed by atoms with Crippen LogP contribution in [0.2, 0.25) is 0 Å². The van der Waals surface area contributed by atoms with E-state index < -0.39 is 0 Å². The van der Waals surface area contributed by atoms with Crippen molar-refractivity contribution in [1.82, 2.24) is 14.8 Å². The Balaban J connectivity index is 1.39. The Bertz CT molecular complexity index is 966. The van der Waals surface area contributed by atoms with Gasteiger partial charge in [0.25, 0.3) is 0 Å². The molecule has 29 heavy (non-hydrogen) atoms. The highest BCUT2D eigenvalue weighted by Gasteiger charge is 2.25. The summed E-state index contributed by atoms with van der Waals surface area (Å²) in [5.74, 6) is -0.288. The van der Waals surface area contributed by atoms with Gasteiger partial charge in [0.1, 0.15) is 5.82 Å². The normalized spacial score (nSPS) is 18.2. The van der Waals surface area contributed by atoms with Gasteiger partial charge in [-0.05, 0) is 47.1 Å². The van der Waals surface area contributed by atoms with Crippen LogP contribution in [0.3, 0.4) is 0 Å². The number of likely N-dealkylation sites (N-methyl/N-ethyl adjacent to an activating group) is 1. The van der Waals surface area contributed by atoms with Crippen LogP contribution in [0.4, 0.5) is 10.1 Å². The Morgan fingerprint density at radius 2 is 2.00 bits per heavy atom. The number of aromatic nitrogens is 1. The second kappa shape index (κ2) is 9.20. The van der Waals surface area contributed by atoms with Gasteiger partial charge in [-0.1, -0.05) is 30.3 Å². The number of pyridine rings is 1. The average Bonchev–Trinajstić information content (AvgIpc) is 2.74. The first-order valence-electron chi connectivity index (χ1n) is 10.1. The van der Waals surface area contributed by atoms with Crippen molar-refractivity contribution in [2.45, 2.75) is 12.5 Å². The van der Waals surface area contributed by atoms with E-state index in [0.717, 1.165) is 50.2 Å². The largest absolute Gasteiger partial charge is 0.384 e. The van der Waals surface area contributed by atoms with E-state index in [1.165, 1.54) is 11.6 Å². The van der Waals surface area contributed by atoms with Crippen molar-refractivity contribution in [2.75, 3.05) is 45.1 Å². The molecule has 1 fully saturated rings. The molecule has 0 amide bonds. The Morgan fingerprint density at radius 1 is 1.17 bits per heavy atom. The Kier molecular flexibility index (Phi) is 6.43. The molecular weight excluding hydrogens is 431 g/mol. The summed E-state index contributed by atoms with van der Waals surface area (Å²) in [5.41, 5.74) is 3.05. The molecule has 1 N–H and O–H groups in total. The van der Waals surface area contributed by atoms with Crippen LogP contribution in [0, 0.1) is 5.82 Å². The first-order chi connectivity index (χ1) is 14.1. The second-order valence-corrected chi connectivity index (χ2v) is 8.50. The van der Waals surface area contributed by atoms with E-state index in [4.69, 9.17) is 0 Å². The quantitative estimate of drug-likeness (QED) is 0.532. The number of piperazine rings is 1. The fourth-order valence-corrected chi connectivity index (χ4v) is 4.36. The molecule has 2 heterocycles. The van der Waals surface area contributed by atoms with Crippen LogP contribution in [0.5, 0.6) is 0 Å². The lowest BCUT2D eigenvalue weighted by molar-refractivity contribution is 0.0897. The van der Waals surface area contributed by atoms with E-state index in [-0.39, 0.29) is 5.82 Å². The summed E-state index contributed by atoms with van der Waals surface area (Å²) in [7, 11) is 2.20. The van der Waals surface area contributed by atoms with Gasteiger partial charge in [-0.15, -0.1) is 0 Å². The molecular formula is C23H26BrFN4. The van der Waals surface area contributed by atoms with Gasteiger partial charge in [-0.2, -0.15) is 0 Å². The fraction of sp³-hybridized carbons (Fsp3) is 0.348. The maximum Gasteiger partial charge on any atom is 0.139 e. The number of nitrogens with zero attached hydrogens (tertiary/aromatic N) is 3. The van der Waals surface area contributed by atoms with Crippen LogP contribution in [0.25, 0.3) is 10.9 Å². The smallest absolute Gasteiger partial charge is 0.139 e. The molecule has 1 atom stereocenters. The minimum Gasteiger partial charge on any atom is -0.384 e. The van der Waals surface area contributed by atoms with Gasteiger partial charge in [-0.3, -0.25) is 9.88 Å². The van der Waals surface area contributed by atoms with Crippen molar-refractivity contribution in [2.24, 2.45) is 0 Å². The lowest BCUT2D eigenvalue weighted by atomic mass is 10.0. The van der Waals surface area contributed by atoms with Crippen LogP contribution in [-0.4, -0.2) is 54.6 Å². The molecule has 0 radical (unpaired) electrons. The van der Waals surface area contributed by atoms with E-state index in [1.807, 2.05) is 6.07 Å². The highest BCUT2D eigenvalue weighted by molar-refractivity contribution is 9.10. The zero-order chi connectivity index (χ0) is 20.2. The molecule has 0 aliphatic carbocycles. The van der Waals surface area contributed by atoms with Crippen molar-refractivity contribution in [3.05, 3.63) is 70.6 Å². The molecule has 0 saturated carbocycles. The Labute approximate surface area is 179 Å². The van der Waals surface area contributed by atoms with Crippen LogP contribution >= 0.6 is 15.9 Å². The first-order valence-corrected chi connectivity index (χ1v) is 10.9. The number of rotatable bonds is 6. The average molecular weight is 457 g/mol. The highest BCUT2D eigenvalue weighted by atomic mass is 79.9. The summed E-state index contributed by atoms with van der Waals surface area (Å²) in [5, 5.41) is 4.45. The van der Waals surface area contributed by atoms with Crippen LogP contribution in [-0.2, 0) is 0 Å². The highest BCUT2D eigenvalue weighted by Crippen LogP contribution is 2.28. The Hall–Kier alpha value is -2.02. The van der Waals surface area contributed by atoms with Gasteiger partial charge in [0, 0.05) is 62.1 Å². The monoisotopic (exact) mass is 456 g/mol. The van der Waals surface area contributed by atoms with Crippen LogP contribution < -0.4 is 5.32 Å². The van der Waals surface area contributed by atoms with E-state index in [9.17, 15) is 4.39 Å². The lowest BCUT2D eigenvalue weighted by Crippen LogP contribution is -2.47. The standard InChI is InChI=1S/C23H26BrFN4/c1-28-12-13-29(23(16-28)17-6-3-2-4-7-17)11-5-9-26-21-8-10-27-22-15-20(25)19(24)14-18(21)22/h2-4,6-8,10,14-15,23H,5,9,11-13,16H2,1H3,(H,26,27). The van der Waals surface area contributed by atoms with Gasteiger partial charge in [0.15, 0.2) is 0 Å². The molecule has 0 bridgehead atoms. The van der Waals surface area contributed by atoms with Gasteiger partial charge in [0.2, 0.25) is 0 Å². The van der Waals surface area contributed by atoms with Gasteiger partial charge >= 0.3 is 0 Å². The van der Waals surface area contributed by atoms with Crippen LogP contribution in [0.15, 0.2) is 59.2 Å². The number of benzene rings is 2. The van der Waals surface area contributed by atoms with E-state index in [1.54, 1.807) is 12.3 Å². The molecule has 3 aromatic rings. The zero-order valence-electron chi connectivity index (χ0n) is 16.6. The molecule has 152 valence electrons. The third kappa shape index (κ3) is 4.77. The molecule has 4 nitrogen and oxygen atoms in total. The molecule has 1 aromatic heterocycles. The second-order valence-electron chi connectivity index (χ2n) is 7.65. The molecule has 6 heteroatoms. The predicted octanol–water partition coefficient (Wildman–Crippen LogP) is 4.93. The van der Waals surface area contributed by atoms with Gasteiger partial charge < -0.3 is 10.2 Å². The maximum atomic E-state index is 13.8. The number of hydrogen-bond donors (Lipinski definition) is 1. The van der Waals surface area contributed by atoms with E-state index in [0.29, 0.717) is 16.0 Å². The number of hydrogen-bond acceptors (Lipinski definition) is 4. The van der Waals surface area contributed by atoms with Crippen molar-refractivity contribution in [3.8, 4) is 0 Å². The molecule has 1 aliphatic rings. The topological polar surface area (TPSA) is 31.4 Å². The van der Waals surface area contributed by atoms with E-state index >= 15 is 0 Å². The SMILES string of the molecule is CN1CCN(CCCNc2ccnc3cc(F)c(Br)cc23)C(c2ccccc2)C1. The summed E-state index contributed by atoms with van der Waals surface area (Å²) < 4.78 is 14.2. The van der Waals surface area contributed by atoms with Crippen molar-refractivity contribution in [3.63, 3.8) is 0 Å². The summed E-state index contributed by atoms with van der Waals surface area (Å²) in [6, 6.07) is 16.5. The predicted molar refractivity (Wildman–Crippen MR) is 121 cm³/mol. The third-order valence-corrected chi connectivity index (χ3v) is 6.21. The van der Waals surface area contributed by atoms with Crippen LogP contribution in [0.1, 0.15) is 18.0 Å². The summed E-state index contributed by atoms with van der Waals surface area (Å²) >= 11 is 3.28. The summed E-state index contributed by atoms with van der Waals surface area (Å²) in [4.78, 5) is 9.28. The molecule has 0 spiro atoms. The molecule has 2 aromatic carbocycles. The molecule has 4 rings (SSSR count). The fourth-order valence-electron chi connectivity index (χ4n) is 4.02. The minimum atomic E-state index is -0.288. The minimum absolute atomic E-state index is 0.288. The number of nitrogens with one attached hydrogen (secondary N) is 1. The molecule has 1 unspecified atom stereocenters. The molecule has 1 saturated heterocycles. The Morgan fingerprint density at radius 3 is 2.83 bits per heavy atom. The number of anilines is 1. The first kappa shape index (κ1) is 20.3. The lowest BCUT2D eigenvalue weighted by Gasteiger charge is -2.40. The van der Waals surface area contributed by atoms with Crippen molar-refractivity contribution >= 4 is 32.5 Å². The maximum absolute atomic E-state index is 13.8.